The maximum Gasteiger partial charge on any atom is 0.251 e. The van der Waals surface area contributed by atoms with Crippen molar-refractivity contribution in [2.24, 2.45) is 0 Å². The Balaban J connectivity index is 1.35. The fourth-order valence-electron chi connectivity index (χ4n) is 4.45. The molecule has 4 rings (SSSR count). The van der Waals surface area contributed by atoms with Crippen molar-refractivity contribution in [1.29, 1.82) is 0 Å². The molecule has 1 unspecified atom stereocenters. The molecule has 0 spiro atoms. The van der Waals surface area contributed by atoms with Gasteiger partial charge in [0.25, 0.3) is 5.91 Å². The smallest absolute Gasteiger partial charge is 0.251 e. The molecule has 9 heteroatoms. The maximum absolute atomic E-state index is 13.1. The molecular weight excluding hydrogens is 466 g/mol. The van der Waals surface area contributed by atoms with Gasteiger partial charge in [-0.1, -0.05) is 18.7 Å². The largest absolute Gasteiger partial charge is 0.493 e. The van der Waals surface area contributed by atoms with E-state index in [9.17, 15) is 18.0 Å². The number of ether oxygens (including phenoxy) is 1. The van der Waals surface area contributed by atoms with Gasteiger partial charge in [0.1, 0.15) is 5.75 Å². The standard InChI is InChI=1S/C26H31N3O5S/c1-2-25(30)28-22-6-3-14-29(15-13-22)35(32,33)23-10-8-20(9-11-23)26(31)27-18-19-7-12-24-21(17-19)5-4-16-34-24/h2,7-12,17,22H,1,3-6,13-16,18H2,(H,27,31)(H,28,30). The first-order chi connectivity index (χ1) is 16.9. The van der Waals surface area contributed by atoms with Gasteiger partial charge in [0.2, 0.25) is 15.9 Å². The minimum absolute atomic E-state index is 0.0746. The lowest BCUT2D eigenvalue weighted by atomic mass is 10.0. The molecule has 2 aromatic rings. The molecule has 0 aromatic heterocycles. The summed E-state index contributed by atoms with van der Waals surface area (Å²) in [7, 11) is -3.69. The lowest BCUT2D eigenvalue weighted by Gasteiger charge is -2.20. The highest BCUT2D eigenvalue weighted by Gasteiger charge is 2.28. The zero-order chi connectivity index (χ0) is 24.8. The van der Waals surface area contributed by atoms with E-state index in [1.54, 1.807) is 0 Å². The number of amides is 2. The number of rotatable bonds is 7. The van der Waals surface area contributed by atoms with Crippen LogP contribution in [0.15, 0.2) is 60.0 Å². The Morgan fingerprint density at radius 2 is 1.89 bits per heavy atom. The second-order valence-electron chi connectivity index (χ2n) is 8.85. The highest BCUT2D eigenvalue weighted by Crippen LogP contribution is 2.25. The number of aryl methyl sites for hydroxylation is 1. The minimum atomic E-state index is -3.69. The van der Waals surface area contributed by atoms with E-state index in [4.69, 9.17) is 4.74 Å². The van der Waals surface area contributed by atoms with Gasteiger partial charge in [0.15, 0.2) is 0 Å². The molecule has 1 fully saturated rings. The Morgan fingerprint density at radius 1 is 1.09 bits per heavy atom. The van der Waals surface area contributed by atoms with Crippen LogP contribution in [0.2, 0.25) is 0 Å². The Morgan fingerprint density at radius 3 is 2.66 bits per heavy atom. The van der Waals surface area contributed by atoms with Gasteiger partial charge in [-0.25, -0.2) is 8.42 Å². The first kappa shape index (κ1) is 24.9. The summed E-state index contributed by atoms with van der Waals surface area (Å²) in [6, 6.07) is 11.9. The molecular formula is C26H31N3O5S. The average molecular weight is 498 g/mol. The molecule has 0 saturated carbocycles. The van der Waals surface area contributed by atoms with E-state index >= 15 is 0 Å². The van der Waals surface area contributed by atoms with E-state index in [-0.39, 0.29) is 22.8 Å². The van der Waals surface area contributed by atoms with Crippen molar-refractivity contribution >= 4 is 21.8 Å². The average Bonchev–Trinajstić information content (AvgIpc) is 3.13. The first-order valence-corrected chi connectivity index (χ1v) is 13.4. The Bertz CT molecular complexity index is 1190. The fraction of sp³-hybridized carbons (Fsp3) is 0.385. The number of nitrogens with zero attached hydrogens (tertiary/aromatic N) is 1. The van der Waals surface area contributed by atoms with Crippen LogP contribution >= 0.6 is 0 Å². The van der Waals surface area contributed by atoms with Crippen LogP contribution < -0.4 is 15.4 Å². The Kier molecular flexibility index (Phi) is 7.87. The number of hydrogen-bond donors (Lipinski definition) is 2. The highest BCUT2D eigenvalue weighted by molar-refractivity contribution is 7.89. The summed E-state index contributed by atoms with van der Waals surface area (Å²) < 4.78 is 33.4. The number of fused-ring (bicyclic) bond motifs is 1. The van der Waals surface area contributed by atoms with E-state index in [1.807, 2.05) is 12.1 Å². The monoisotopic (exact) mass is 497 g/mol. The highest BCUT2D eigenvalue weighted by atomic mass is 32.2. The zero-order valence-electron chi connectivity index (χ0n) is 19.7. The van der Waals surface area contributed by atoms with Crippen molar-refractivity contribution in [3.8, 4) is 5.75 Å². The van der Waals surface area contributed by atoms with Gasteiger partial charge in [-0.05, 0) is 79.6 Å². The van der Waals surface area contributed by atoms with Gasteiger partial charge in [0.05, 0.1) is 11.5 Å². The summed E-state index contributed by atoms with van der Waals surface area (Å²) in [5.41, 5.74) is 2.54. The molecule has 0 radical (unpaired) electrons. The van der Waals surface area contributed by atoms with Gasteiger partial charge in [-0.3, -0.25) is 9.59 Å². The van der Waals surface area contributed by atoms with Crippen LogP contribution in [0.25, 0.3) is 0 Å². The van der Waals surface area contributed by atoms with E-state index in [2.05, 4.69) is 23.3 Å². The molecule has 2 amide bonds. The van der Waals surface area contributed by atoms with E-state index in [1.165, 1.54) is 34.6 Å². The third-order valence-electron chi connectivity index (χ3n) is 6.40. The van der Waals surface area contributed by atoms with Crippen LogP contribution in [0.5, 0.6) is 5.75 Å². The van der Waals surface area contributed by atoms with Gasteiger partial charge in [-0.2, -0.15) is 4.31 Å². The molecule has 2 N–H and O–H groups in total. The molecule has 2 heterocycles. The number of nitrogens with one attached hydrogen (secondary N) is 2. The van der Waals surface area contributed by atoms with Crippen LogP contribution in [0, 0.1) is 0 Å². The van der Waals surface area contributed by atoms with Gasteiger partial charge >= 0.3 is 0 Å². The van der Waals surface area contributed by atoms with E-state index in [0.29, 0.717) is 44.5 Å². The van der Waals surface area contributed by atoms with Crippen LogP contribution in [-0.2, 0) is 27.8 Å². The molecule has 2 aliphatic heterocycles. The molecule has 35 heavy (non-hydrogen) atoms. The number of carbonyl (C=O) groups excluding carboxylic acids is 2. The number of benzene rings is 2. The summed E-state index contributed by atoms with van der Waals surface area (Å²) in [5, 5.41) is 5.75. The molecule has 2 aliphatic rings. The second-order valence-corrected chi connectivity index (χ2v) is 10.8. The molecule has 8 nitrogen and oxygen atoms in total. The molecule has 186 valence electrons. The third-order valence-corrected chi connectivity index (χ3v) is 8.31. The van der Waals surface area contributed by atoms with E-state index < -0.39 is 10.0 Å². The fourth-order valence-corrected chi connectivity index (χ4v) is 5.94. The Labute approximate surface area is 206 Å². The molecule has 2 aromatic carbocycles. The van der Waals surface area contributed by atoms with Crippen molar-refractivity contribution in [3.63, 3.8) is 0 Å². The summed E-state index contributed by atoms with van der Waals surface area (Å²) >= 11 is 0. The van der Waals surface area contributed by atoms with Crippen LogP contribution in [0.4, 0.5) is 0 Å². The summed E-state index contributed by atoms with van der Waals surface area (Å²) in [6.45, 7) is 5.27. The van der Waals surface area contributed by atoms with Gasteiger partial charge in [-0.15, -0.1) is 0 Å². The summed E-state index contributed by atoms with van der Waals surface area (Å²) in [6.07, 6.45) is 5.07. The van der Waals surface area contributed by atoms with Crippen molar-refractivity contribution in [3.05, 3.63) is 71.8 Å². The number of hydrogen-bond acceptors (Lipinski definition) is 5. The second kappa shape index (κ2) is 11.0. The van der Waals surface area contributed by atoms with Crippen LogP contribution in [-0.4, -0.2) is 50.3 Å². The van der Waals surface area contributed by atoms with Gasteiger partial charge in [0, 0.05) is 31.2 Å². The van der Waals surface area contributed by atoms with Crippen molar-refractivity contribution in [2.45, 2.75) is 49.6 Å². The predicted molar refractivity (Wildman–Crippen MR) is 133 cm³/mol. The van der Waals surface area contributed by atoms with Gasteiger partial charge < -0.3 is 15.4 Å². The van der Waals surface area contributed by atoms with Crippen LogP contribution in [0.3, 0.4) is 0 Å². The summed E-state index contributed by atoms with van der Waals surface area (Å²) in [4.78, 5) is 24.3. The quantitative estimate of drug-likeness (QED) is 0.573. The molecule has 0 aliphatic carbocycles. The SMILES string of the molecule is C=CC(=O)NC1CCCN(S(=O)(=O)c2ccc(C(=O)NCc3ccc4c(c3)CCCO4)cc2)CC1. The van der Waals surface area contributed by atoms with E-state index in [0.717, 1.165) is 36.3 Å². The van der Waals surface area contributed by atoms with Crippen molar-refractivity contribution in [1.82, 2.24) is 14.9 Å². The number of sulfonamides is 1. The molecule has 1 atom stereocenters. The lowest BCUT2D eigenvalue weighted by Crippen LogP contribution is -2.36. The predicted octanol–water partition coefficient (Wildman–Crippen LogP) is 2.79. The first-order valence-electron chi connectivity index (χ1n) is 11.9. The lowest BCUT2D eigenvalue weighted by molar-refractivity contribution is -0.117. The molecule has 1 saturated heterocycles. The third kappa shape index (κ3) is 6.10. The van der Waals surface area contributed by atoms with Crippen LogP contribution in [0.1, 0.15) is 47.2 Å². The molecule has 0 bridgehead atoms. The zero-order valence-corrected chi connectivity index (χ0v) is 20.5. The minimum Gasteiger partial charge on any atom is -0.493 e. The Hall–Kier alpha value is -3.17. The normalized spacial score (nSPS) is 18.5. The number of carbonyl (C=O) groups is 2. The van der Waals surface area contributed by atoms with Crippen molar-refractivity contribution in [2.75, 3.05) is 19.7 Å². The maximum atomic E-state index is 13.1. The summed E-state index contributed by atoms with van der Waals surface area (Å²) in [5.74, 6) is 0.392. The topological polar surface area (TPSA) is 105 Å². The van der Waals surface area contributed by atoms with Crippen molar-refractivity contribution < 1.29 is 22.7 Å².